The largest absolute Gasteiger partial charge is 0.352 e. The Morgan fingerprint density at radius 2 is 1.95 bits per heavy atom. The number of nitrogens with one attached hydrogen (secondary N) is 1. The molecule has 1 amide bonds. The average molecular weight is 314 g/mol. The lowest BCUT2D eigenvalue weighted by molar-refractivity contribution is -0.121. The second kappa shape index (κ2) is 7.00. The molecule has 1 aliphatic heterocycles. The fraction of sp³-hybridized carbons (Fsp3) is 0.500. The molecule has 5 nitrogen and oxygen atoms in total. The predicted octanol–water partition coefficient (Wildman–Crippen LogP) is 1.26. The minimum absolute atomic E-state index is 0.139. The zero-order chi connectivity index (χ0) is 15.3. The SMILES string of the molecule is O=C(CCN1CCCCS1(=O)=O)NCc1ccc(F)cc1. The summed E-state index contributed by atoms with van der Waals surface area (Å²) in [7, 11) is -3.18. The van der Waals surface area contributed by atoms with Crippen LogP contribution < -0.4 is 5.32 Å². The molecule has 0 atom stereocenters. The van der Waals surface area contributed by atoms with Crippen LogP contribution in [-0.2, 0) is 21.4 Å². The average Bonchev–Trinajstić information content (AvgIpc) is 2.45. The van der Waals surface area contributed by atoms with Crippen LogP contribution in [0, 0.1) is 5.82 Å². The standard InChI is InChI=1S/C14H19FN2O3S/c15-13-5-3-12(4-6-13)11-16-14(18)7-9-17-8-1-2-10-21(17,19)20/h3-6H,1-2,7-11H2,(H,16,18). The van der Waals surface area contributed by atoms with Crippen molar-refractivity contribution in [1.29, 1.82) is 0 Å². The van der Waals surface area contributed by atoms with Crippen LogP contribution in [0.5, 0.6) is 0 Å². The molecule has 0 unspecified atom stereocenters. The molecule has 116 valence electrons. The van der Waals surface area contributed by atoms with E-state index in [1.165, 1.54) is 16.4 Å². The van der Waals surface area contributed by atoms with Crippen molar-refractivity contribution in [2.75, 3.05) is 18.8 Å². The number of rotatable bonds is 5. The van der Waals surface area contributed by atoms with Crippen molar-refractivity contribution in [3.8, 4) is 0 Å². The van der Waals surface area contributed by atoms with E-state index in [2.05, 4.69) is 5.32 Å². The summed E-state index contributed by atoms with van der Waals surface area (Å²) in [4.78, 5) is 11.7. The van der Waals surface area contributed by atoms with E-state index < -0.39 is 10.0 Å². The smallest absolute Gasteiger partial charge is 0.221 e. The van der Waals surface area contributed by atoms with Crippen LogP contribution in [-0.4, -0.2) is 37.5 Å². The van der Waals surface area contributed by atoms with E-state index in [4.69, 9.17) is 0 Å². The molecule has 0 aromatic heterocycles. The lowest BCUT2D eigenvalue weighted by Crippen LogP contribution is -2.40. The van der Waals surface area contributed by atoms with Crippen molar-refractivity contribution < 1.29 is 17.6 Å². The van der Waals surface area contributed by atoms with E-state index in [-0.39, 0.29) is 30.4 Å². The van der Waals surface area contributed by atoms with E-state index in [0.717, 1.165) is 12.0 Å². The summed E-state index contributed by atoms with van der Waals surface area (Å²) >= 11 is 0. The molecule has 0 radical (unpaired) electrons. The third-order valence-electron chi connectivity index (χ3n) is 3.44. The number of carbonyl (C=O) groups is 1. The number of halogens is 1. The molecule has 0 spiro atoms. The second-order valence-electron chi connectivity index (χ2n) is 5.08. The molecule has 1 N–H and O–H groups in total. The van der Waals surface area contributed by atoms with Gasteiger partial charge in [0.05, 0.1) is 5.75 Å². The van der Waals surface area contributed by atoms with Gasteiger partial charge in [-0.25, -0.2) is 17.1 Å². The van der Waals surface area contributed by atoms with Gasteiger partial charge >= 0.3 is 0 Å². The van der Waals surface area contributed by atoms with Gasteiger partial charge < -0.3 is 5.32 Å². The first kappa shape index (κ1) is 15.9. The van der Waals surface area contributed by atoms with Crippen molar-refractivity contribution in [1.82, 2.24) is 9.62 Å². The number of hydrogen-bond acceptors (Lipinski definition) is 3. The monoisotopic (exact) mass is 314 g/mol. The first-order chi connectivity index (χ1) is 9.97. The van der Waals surface area contributed by atoms with E-state index in [1.54, 1.807) is 12.1 Å². The topological polar surface area (TPSA) is 66.5 Å². The minimum Gasteiger partial charge on any atom is -0.352 e. The molecular formula is C14H19FN2O3S. The highest BCUT2D eigenvalue weighted by molar-refractivity contribution is 7.89. The highest BCUT2D eigenvalue weighted by Gasteiger charge is 2.25. The highest BCUT2D eigenvalue weighted by Crippen LogP contribution is 2.13. The van der Waals surface area contributed by atoms with Gasteiger partial charge in [-0.05, 0) is 30.5 Å². The summed E-state index contributed by atoms with van der Waals surface area (Å²) < 4.78 is 37.6. The molecule has 1 heterocycles. The Morgan fingerprint density at radius 1 is 1.24 bits per heavy atom. The lowest BCUT2D eigenvalue weighted by atomic mass is 10.2. The van der Waals surface area contributed by atoms with E-state index >= 15 is 0 Å². The maximum atomic E-state index is 12.7. The van der Waals surface area contributed by atoms with Crippen LogP contribution in [0.2, 0.25) is 0 Å². The maximum Gasteiger partial charge on any atom is 0.221 e. The summed E-state index contributed by atoms with van der Waals surface area (Å²) in [5, 5.41) is 2.70. The molecule has 7 heteroatoms. The number of amides is 1. The van der Waals surface area contributed by atoms with E-state index in [1.807, 2.05) is 0 Å². The summed E-state index contributed by atoms with van der Waals surface area (Å²) in [5.74, 6) is -0.357. The molecule has 0 bridgehead atoms. The predicted molar refractivity (Wildman–Crippen MR) is 77.5 cm³/mol. The van der Waals surface area contributed by atoms with Gasteiger partial charge in [-0.3, -0.25) is 4.79 Å². The van der Waals surface area contributed by atoms with Crippen molar-refractivity contribution in [3.05, 3.63) is 35.6 Å². The molecule has 0 aliphatic carbocycles. The van der Waals surface area contributed by atoms with Gasteiger partial charge in [-0.2, -0.15) is 0 Å². The fourth-order valence-corrected chi connectivity index (χ4v) is 3.81. The quantitative estimate of drug-likeness (QED) is 0.890. The number of nitrogens with zero attached hydrogens (tertiary/aromatic N) is 1. The second-order valence-corrected chi connectivity index (χ2v) is 7.16. The van der Waals surface area contributed by atoms with Gasteiger partial charge in [0.25, 0.3) is 0 Å². The fourth-order valence-electron chi connectivity index (χ4n) is 2.21. The van der Waals surface area contributed by atoms with Gasteiger partial charge in [0.1, 0.15) is 5.82 Å². The summed E-state index contributed by atoms with van der Waals surface area (Å²) in [6, 6.07) is 5.87. The highest BCUT2D eigenvalue weighted by atomic mass is 32.2. The lowest BCUT2D eigenvalue weighted by Gasteiger charge is -2.25. The van der Waals surface area contributed by atoms with Crippen molar-refractivity contribution >= 4 is 15.9 Å². The Kier molecular flexibility index (Phi) is 5.30. The maximum absolute atomic E-state index is 12.7. The van der Waals surface area contributed by atoms with Crippen molar-refractivity contribution in [2.45, 2.75) is 25.8 Å². The third-order valence-corrected chi connectivity index (χ3v) is 5.40. The summed E-state index contributed by atoms with van der Waals surface area (Å²) in [6.07, 6.45) is 1.67. The first-order valence-electron chi connectivity index (χ1n) is 6.96. The molecule has 0 saturated carbocycles. The molecule has 1 aromatic rings. The van der Waals surface area contributed by atoms with E-state index in [9.17, 15) is 17.6 Å². The third kappa shape index (κ3) is 4.78. The van der Waals surface area contributed by atoms with Crippen molar-refractivity contribution in [2.24, 2.45) is 0 Å². The summed E-state index contributed by atoms with van der Waals surface area (Å²) in [5.41, 5.74) is 0.801. The van der Waals surface area contributed by atoms with Crippen LogP contribution in [0.4, 0.5) is 4.39 Å². The Bertz CT molecular complexity index is 587. The van der Waals surface area contributed by atoms with Crippen LogP contribution in [0.15, 0.2) is 24.3 Å². The van der Waals surface area contributed by atoms with Crippen molar-refractivity contribution in [3.63, 3.8) is 0 Å². The molecule has 2 rings (SSSR count). The van der Waals surface area contributed by atoms with Crippen LogP contribution in [0.1, 0.15) is 24.8 Å². The molecule has 21 heavy (non-hydrogen) atoms. The van der Waals surface area contributed by atoms with Gasteiger partial charge in [0.2, 0.25) is 15.9 Å². The zero-order valence-corrected chi connectivity index (χ0v) is 12.5. The van der Waals surface area contributed by atoms with Crippen LogP contribution in [0.25, 0.3) is 0 Å². The Labute approximate surface area is 124 Å². The van der Waals surface area contributed by atoms with E-state index in [0.29, 0.717) is 19.5 Å². The summed E-state index contributed by atoms with van der Waals surface area (Å²) in [6.45, 7) is 1.02. The molecule has 1 aromatic carbocycles. The normalized spacial score (nSPS) is 18.3. The Hall–Kier alpha value is -1.47. The van der Waals surface area contributed by atoms with Gasteiger partial charge in [-0.1, -0.05) is 12.1 Å². The molecule has 1 saturated heterocycles. The number of hydrogen-bond donors (Lipinski definition) is 1. The minimum atomic E-state index is -3.18. The van der Waals surface area contributed by atoms with Gasteiger partial charge in [0, 0.05) is 26.1 Å². The van der Waals surface area contributed by atoms with Crippen LogP contribution >= 0.6 is 0 Å². The first-order valence-corrected chi connectivity index (χ1v) is 8.57. The Balaban J connectivity index is 1.76. The van der Waals surface area contributed by atoms with Gasteiger partial charge in [0.15, 0.2) is 0 Å². The van der Waals surface area contributed by atoms with Crippen LogP contribution in [0.3, 0.4) is 0 Å². The molecular weight excluding hydrogens is 295 g/mol. The molecule has 1 fully saturated rings. The van der Waals surface area contributed by atoms with Gasteiger partial charge in [-0.15, -0.1) is 0 Å². The number of sulfonamides is 1. The number of benzene rings is 1. The Morgan fingerprint density at radius 3 is 2.62 bits per heavy atom. The molecule has 1 aliphatic rings. The number of carbonyl (C=O) groups excluding carboxylic acids is 1. The zero-order valence-electron chi connectivity index (χ0n) is 11.7.